The quantitative estimate of drug-likeness (QED) is 0.557. The summed E-state index contributed by atoms with van der Waals surface area (Å²) in [7, 11) is 0. The van der Waals surface area contributed by atoms with Gasteiger partial charge in [0, 0.05) is 15.4 Å². The summed E-state index contributed by atoms with van der Waals surface area (Å²) in [6.45, 7) is 12.6. The summed E-state index contributed by atoms with van der Waals surface area (Å²) in [6.07, 6.45) is 3.57. The van der Waals surface area contributed by atoms with Gasteiger partial charge in [-0.1, -0.05) is 46.2 Å². The van der Waals surface area contributed by atoms with Crippen molar-refractivity contribution < 1.29 is 0 Å². The van der Waals surface area contributed by atoms with Crippen molar-refractivity contribution in [2.75, 3.05) is 6.54 Å². The standard InChI is InChI=1S/C16H27BrClNS/c1-6-7-19-13(8-11(2)10-16(3,4)5)14-9-12(17)15(18)20-14/h9,11,13,19H,6-8,10H2,1-5H3. The van der Waals surface area contributed by atoms with E-state index in [1.54, 1.807) is 11.3 Å². The van der Waals surface area contributed by atoms with Crippen molar-refractivity contribution in [3.05, 3.63) is 19.8 Å². The predicted octanol–water partition coefficient (Wildman–Crippen LogP) is 6.67. The molecule has 2 atom stereocenters. The van der Waals surface area contributed by atoms with Crippen molar-refractivity contribution in [1.29, 1.82) is 0 Å². The molecule has 0 bridgehead atoms. The minimum atomic E-state index is 0.391. The van der Waals surface area contributed by atoms with E-state index in [4.69, 9.17) is 11.6 Å². The molecule has 1 aromatic rings. The lowest BCUT2D eigenvalue weighted by Crippen LogP contribution is -2.24. The molecular formula is C16H27BrClNS. The first-order valence-electron chi connectivity index (χ1n) is 7.41. The highest BCUT2D eigenvalue weighted by atomic mass is 79.9. The van der Waals surface area contributed by atoms with Gasteiger partial charge in [0.1, 0.15) is 4.34 Å². The van der Waals surface area contributed by atoms with Crippen molar-refractivity contribution in [2.24, 2.45) is 11.3 Å². The lowest BCUT2D eigenvalue weighted by molar-refractivity contribution is 0.276. The first kappa shape index (κ1) is 18.5. The van der Waals surface area contributed by atoms with Crippen LogP contribution in [0, 0.1) is 11.3 Å². The number of hydrogen-bond acceptors (Lipinski definition) is 2. The van der Waals surface area contributed by atoms with Crippen LogP contribution >= 0.6 is 38.9 Å². The number of rotatable bonds is 7. The number of hydrogen-bond donors (Lipinski definition) is 1. The zero-order valence-electron chi connectivity index (χ0n) is 13.2. The molecule has 20 heavy (non-hydrogen) atoms. The molecule has 2 unspecified atom stereocenters. The van der Waals surface area contributed by atoms with Crippen LogP contribution in [0.25, 0.3) is 0 Å². The van der Waals surface area contributed by atoms with E-state index >= 15 is 0 Å². The summed E-state index contributed by atoms with van der Waals surface area (Å²) in [5.74, 6) is 0.698. The molecule has 0 amide bonds. The van der Waals surface area contributed by atoms with E-state index in [9.17, 15) is 0 Å². The molecule has 0 radical (unpaired) electrons. The first-order chi connectivity index (χ1) is 9.23. The SMILES string of the molecule is CCCNC(CC(C)CC(C)(C)C)c1cc(Br)c(Cl)s1. The summed E-state index contributed by atoms with van der Waals surface area (Å²) in [5.41, 5.74) is 0.391. The fourth-order valence-corrected chi connectivity index (χ4v) is 4.51. The number of nitrogens with one attached hydrogen (secondary N) is 1. The third-order valence-corrected chi connectivity index (χ3v) is 5.84. The molecule has 0 spiro atoms. The average molecular weight is 381 g/mol. The van der Waals surface area contributed by atoms with Gasteiger partial charge in [0.25, 0.3) is 0 Å². The van der Waals surface area contributed by atoms with E-state index in [1.165, 1.54) is 17.7 Å². The summed E-state index contributed by atoms with van der Waals surface area (Å²) in [6, 6.07) is 2.59. The van der Waals surface area contributed by atoms with Crippen LogP contribution in [-0.4, -0.2) is 6.54 Å². The minimum absolute atomic E-state index is 0.391. The highest BCUT2D eigenvalue weighted by Crippen LogP contribution is 2.38. The second kappa shape index (κ2) is 8.17. The molecule has 1 aromatic heterocycles. The molecule has 1 heterocycles. The van der Waals surface area contributed by atoms with Gasteiger partial charge in [0.2, 0.25) is 0 Å². The normalized spacial score (nSPS) is 15.3. The van der Waals surface area contributed by atoms with Crippen LogP contribution in [0.15, 0.2) is 10.5 Å². The molecule has 1 rings (SSSR count). The number of halogens is 2. The Morgan fingerprint density at radius 2 is 2.05 bits per heavy atom. The summed E-state index contributed by atoms with van der Waals surface area (Å²) >= 11 is 11.4. The lowest BCUT2D eigenvalue weighted by Gasteiger charge is -2.27. The zero-order chi connectivity index (χ0) is 15.3. The van der Waals surface area contributed by atoms with Crippen LogP contribution in [0.5, 0.6) is 0 Å². The highest BCUT2D eigenvalue weighted by molar-refractivity contribution is 9.10. The molecule has 0 saturated heterocycles. The molecule has 0 aliphatic rings. The Kier molecular flexibility index (Phi) is 7.54. The van der Waals surface area contributed by atoms with Gasteiger partial charge in [-0.25, -0.2) is 0 Å². The second-order valence-electron chi connectivity index (χ2n) is 6.88. The summed E-state index contributed by atoms with van der Waals surface area (Å²) in [5, 5.41) is 3.67. The van der Waals surface area contributed by atoms with E-state index in [0.29, 0.717) is 17.4 Å². The van der Waals surface area contributed by atoms with Crippen molar-refractivity contribution in [2.45, 2.75) is 59.9 Å². The van der Waals surface area contributed by atoms with E-state index in [0.717, 1.165) is 21.8 Å². The van der Waals surface area contributed by atoms with Crippen LogP contribution in [-0.2, 0) is 0 Å². The van der Waals surface area contributed by atoms with Crippen LogP contribution < -0.4 is 5.32 Å². The lowest BCUT2D eigenvalue weighted by atomic mass is 9.83. The summed E-state index contributed by atoms with van der Waals surface area (Å²) < 4.78 is 1.87. The van der Waals surface area contributed by atoms with Gasteiger partial charge >= 0.3 is 0 Å². The van der Waals surface area contributed by atoms with Gasteiger partial charge in [-0.15, -0.1) is 11.3 Å². The van der Waals surface area contributed by atoms with E-state index in [2.05, 4.69) is 61.9 Å². The van der Waals surface area contributed by atoms with Crippen molar-refractivity contribution in [3.63, 3.8) is 0 Å². The molecule has 0 fully saturated rings. The minimum Gasteiger partial charge on any atom is -0.309 e. The van der Waals surface area contributed by atoms with Gasteiger partial charge in [0.15, 0.2) is 0 Å². The summed E-state index contributed by atoms with van der Waals surface area (Å²) in [4.78, 5) is 1.34. The Morgan fingerprint density at radius 1 is 1.40 bits per heavy atom. The first-order valence-corrected chi connectivity index (χ1v) is 9.39. The molecule has 0 aliphatic heterocycles. The van der Waals surface area contributed by atoms with E-state index in [-0.39, 0.29) is 0 Å². The van der Waals surface area contributed by atoms with E-state index < -0.39 is 0 Å². The highest BCUT2D eigenvalue weighted by Gasteiger charge is 2.21. The van der Waals surface area contributed by atoms with Gasteiger partial charge < -0.3 is 5.32 Å². The van der Waals surface area contributed by atoms with Gasteiger partial charge in [-0.05, 0) is 59.1 Å². The monoisotopic (exact) mass is 379 g/mol. The van der Waals surface area contributed by atoms with Crippen molar-refractivity contribution >= 4 is 38.9 Å². The zero-order valence-corrected chi connectivity index (χ0v) is 16.4. The Labute approximate surface area is 141 Å². The van der Waals surface area contributed by atoms with Gasteiger partial charge in [-0.3, -0.25) is 0 Å². The molecule has 0 aliphatic carbocycles. The fourth-order valence-electron chi connectivity index (χ4n) is 2.68. The maximum Gasteiger partial charge on any atom is 0.107 e. The van der Waals surface area contributed by atoms with Crippen LogP contribution in [0.1, 0.15) is 64.8 Å². The van der Waals surface area contributed by atoms with E-state index in [1.807, 2.05) is 0 Å². The molecule has 1 nitrogen and oxygen atoms in total. The van der Waals surface area contributed by atoms with Gasteiger partial charge in [-0.2, -0.15) is 0 Å². The Balaban J connectivity index is 2.74. The Morgan fingerprint density at radius 3 is 2.50 bits per heavy atom. The largest absolute Gasteiger partial charge is 0.309 e. The molecule has 116 valence electrons. The Hall–Kier alpha value is 0.430. The van der Waals surface area contributed by atoms with Crippen molar-refractivity contribution in [1.82, 2.24) is 5.32 Å². The molecule has 4 heteroatoms. The predicted molar refractivity (Wildman–Crippen MR) is 95.9 cm³/mol. The topological polar surface area (TPSA) is 12.0 Å². The Bertz CT molecular complexity index is 392. The number of thiophene rings is 1. The van der Waals surface area contributed by atoms with Crippen LogP contribution in [0.3, 0.4) is 0 Å². The van der Waals surface area contributed by atoms with Crippen LogP contribution in [0.4, 0.5) is 0 Å². The fraction of sp³-hybridized carbons (Fsp3) is 0.750. The maximum atomic E-state index is 6.19. The van der Waals surface area contributed by atoms with Gasteiger partial charge in [0.05, 0.1) is 0 Å². The molecule has 0 aromatic carbocycles. The maximum absolute atomic E-state index is 6.19. The van der Waals surface area contributed by atoms with Crippen LogP contribution in [0.2, 0.25) is 4.34 Å². The van der Waals surface area contributed by atoms with Crippen molar-refractivity contribution in [3.8, 4) is 0 Å². The molecular weight excluding hydrogens is 354 g/mol. The molecule has 0 saturated carbocycles. The third kappa shape index (κ3) is 6.46. The average Bonchev–Trinajstić information content (AvgIpc) is 2.62. The molecule has 1 N–H and O–H groups in total. The smallest absolute Gasteiger partial charge is 0.107 e. The second-order valence-corrected chi connectivity index (χ2v) is 9.42. The third-order valence-electron chi connectivity index (χ3n) is 3.25.